The number of nitrogens with one attached hydrogen (secondary N) is 1. The van der Waals surface area contributed by atoms with Crippen molar-refractivity contribution < 1.29 is 13.2 Å². The summed E-state index contributed by atoms with van der Waals surface area (Å²) in [5, 5.41) is 11.9. The summed E-state index contributed by atoms with van der Waals surface area (Å²) in [6, 6.07) is 14.0. The molecule has 0 spiro atoms. The van der Waals surface area contributed by atoms with Crippen LogP contribution in [0.25, 0.3) is 5.69 Å². The second-order valence-corrected chi connectivity index (χ2v) is 9.29. The van der Waals surface area contributed by atoms with Gasteiger partial charge in [0.15, 0.2) is 5.78 Å². The van der Waals surface area contributed by atoms with Crippen LogP contribution in [-0.4, -0.2) is 45.9 Å². The molecule has 1 N–H and O–H groups in total. The summed E-state index contributed by atoms with van der Waals surface area (Å²) in [6.07, 6.45) is 1.07. The molecule has 0 saturated heterocycles. The molecule has 0 amide bonds. The van der Waals surface area contributed by atoms with Crippen LogP contribution in [0.1, 0.15) is 22.8 Å². The van der Waals surface area contributed by atoms with Gasteiger partial charge < -0.3 is 0 Å². The summed E-state index contributed by atoms with van der Waals surface area (Å²) in [4.78, 5) is 12.7. The highest BCUT2D eigenvalue weighted by atomic mass is 32.2. The number of carbonyl (C=O) groups excluding carboxylic acids is 1. The van der Waals surface area contributed by atoms with Gasteiger partial charge >= 0.3 is 0 Å². The van der Waals surface area contributed by atoms with Crippen LogP contribution in [0.15, 0.2) is 53.7 Å². The predicted molar refractivity (Wildman–Crippen MR) is 108 cm³/mol. The molecule has 8 nitrogen and oxygen atoms in total. The van der Waals surface area contributed by atoms with E-state index in [1.54, 1.807) is 35.9 Å². The molecule has 3 rings (SSSR count). The maximum atomic E-state index is 12.7. The molecule has 1 heterocycles. The van der Waals surface area contributed by atoms with Crippen molar-refractivity contribution >= 4 is 33.3 Å². The standard InChI is InChI=1S/C18H19N5O3S2/c1-12-6-4-5-7-16(12)23-18(19-21-22-23)27-13(2)17(24)14-8-10-15(11-9-14)20-28(3,25)26/h4-11,13,20H,1-3H3/t13-/m1/s1. The van der Waals surface area contributed by atoms with Crippen LogP contribution in [0.2, 0.25) is 0 Å². The van der Waals surface area contributed by atoms with Crippen LogP contribution in [0.4, 0.5) is 5.69 Å². The van der Waals surface area contributed by atoms with Crippen LogP contribution in [0.3, 0.4) is 0 Å². The molecule has 10 heteroatoms. The zero-order valence-corrected chi connectivity index (χ0v) is 17.2. The minimum absolute atomic E-state index is 0.102. The lowest BCUT2D eigenvalue weighted by Gasteiger charge is -2.12. The number of ketones is 1. The van der Waals surface area contributed by atoms with Gasteiger partial charge in [0.25, 0.3) is 0 Å². The van der Waals surface area contributed by atoms with Gasteiger partial charge in [-0.1, -0.05) is 30.0 Å². The topological polar surface area (TPSA) is 107 Å². The number of hydrogen-bond donors (Lipinski definition) is 1. The van der Waals surface area contributed by atoms with Gasteiger partial charge in [0.2, 0.25) is 15.2 Å². The van der Waals surface area contributed by atoms with E-state index in [2.05, 4.69) is 20.2 Å². The van der Waals surface area contributed by atoms with E-state index < -0.39 is 15.3 Å². The fourth-order valence-electron chi connectivity index (χ4n) is 2.57. The molecule has 0 fully saturated rings. The van der Waals surface area contributed by atoms with Crippen molar-refractivity contribution in [2.24, 2.45) is 0 Å². The molecule has 3 aromatic rings. The van der Waals surface area contributed by atoms with Gasteiger partial charge in [-0.05, 0) is 60.2 Å². The number of aromatic nitrogens is 4. The third-order valence-electron chi connectivity index (χ3n) is 3.91. The smallest absolute Gasteiger partial charge is 0.229 e. The van der Waals surface area contributed by atoms with Gasteiger partial charge in [0, 0.05) is 11.3 Å². The Labute approximate surface area is 167 Å². The third-order valence-corrected chi connectivity index (χ3v) is 5.55. The van der Waals surface area contributed by atoms with E-state index in [9.17, 15) is 13.2 Å². The number of sulfonamides is 1. The van der Waals surface area contributed by atoms with Crippen LogP contribution in [0.5, 0.6) is 0 Å². The van der Waals surface area contributed by atoms with E-state index in [-0.39, 0.29) is 5.78 Å². The number of thioether (sulfide) groups is 1. The van der Waals surface area contributed by atoms with Crippen LogP contribution >= 0.6 is 11.8 Å². The Balaban J connectivity index is 1.75. The maximum absolute atomic E-state index is 12.7. The van der Waals surface area contributed by atoms with Crippen molar-refractivity contribution in [1.82, 2.24) is 20.2 Å². The first kappa shape index (κ1) is 20.0. The first-order chi connectivity index (χ1) is 13.2. The summed E-state index contributed by atoms with van der Waals surface area (Å²) >= 11 is 1.26. The van der Waals surface area contributed by atoms with E-state index in [4.69, 9.17) is 0 Å². The number of para-hydroxylation sites is 1. The second kappa shape index (κ2) is 8.11. The third kappa shape index (κ3) is 4.76. The lowest BCUT2D eigenvalue weighted by atomic mass is 10.1. The molecule has 0 radical (unpaired) electrons. The van der Waals surface area contributed by atoms with Crippen LogP contribution in [-0.2, 0) is 10.0 Å². The molecule has 1 aromatic heterocycles. The molecule has 0 saturated carbocycles. The van der Waals surface area contributed by atoms with Crippen molar-refractivity contribution in [3.05, 3.63) is 59.7 Å². The molecule has 2 aromatic carbocycles. The van der Waals surface area contributed by atoms with Crippen molar-refractivity contribution in [3.63, 3.8) is 0 Å². The quantitative estimate of drug-likeness (QED) is 0.465. The number of nitrogens with zero attached hydrogens (tertiary/aromatic N) is 4. The minimum atomic E-state index is -3.36. The van der Waals surface area contributed by atoms with E-state index in [1.165, 1.54) is 11.8 Å². The SMILES string of the molecule is Cc1ccccc1-n1nnnc1S[C@H](C)C(=O)c1ccc(NS(C)(=O)=O)cc1. The van der Waals surface area contributed by atoms with Crippen molar-refractivity contribution in [2.75, 3.05) is 11.0 Å². The second-order valence-electron chi connectivity index (χ2n) is 6.24. The van der Waals surface area contributed by atoms with Crippen molar-refractivity contribution in [1.29, 1.82) is 0 Å². The molecule has 0 aliphatic carbocycles. The average Bonchev–Trinajstić information content (AvgIpc) is 3.08. The molecule has 0 unspecified atom stereocenters. The predicted octanol–water partition coefficient (Wildman–Crippen LogP) is 2.71. The highest BCUT2D eigenvalue weighted by molar-refractivity contribution is 8.00. The van der Waals surface area contributed by atoms with Gasteiger partial charge in [-0.15, -0.1) is 5.10 Å². The van der Waals surface area contributed by atoms with Gasteiger partial charge in [-0.2, -0.15) is 4.68 Å². The van der Waals surface area contributed by atoms with E-state index in [1.807, 2.05) is 31.2 Å². The molecular formula is C18H19N5O3S2. The number of anilines is 1. The number of rotatable bonds is 7. The zero-order chi connectivity index (χ0) is 20.3. The summed E-state index contributed by atoms with van der Waals surface area (Å²) in [7, 11) is -3.36. The fraction of sp³-hybridized carbons (Fsp3) is 0.222. The van der Waals surface area contributed by atoms with Gasteiger partial charge in [0.1, 0.15) is 0 Å². The average molecular weight is 418 g/mol. The number of hydrogen-bond acceptors (Lipinski definition) is 7. The minimum Gasteiger partial charge on any atom is -0.293 e. The summed E-state index contributed by atoms with van der Waals surface area (Å²) in [5.41, 5.74) is 2.76. The normalized spacial score (nSPS) is 12.5. The number of tetrazole rings is 1. The number of benzene rings is 2. The highest BCUT2D eigenvalue weighted by Crippen LogP contribution is 2.26. The molecule has 0 aliphatic rings. The van der Waals surface area contributed by atoms with Crippen molar-refractivity contribution in [3.8, 4) is 5.69 Å². The summed E-state index contributed by atoms with van der Waals surface area (Å²) in [6.45, 7) is 3.75. The maximum Gasteiger partial charge on any atom is 0.229 e. The molecule has 28 heavy (non-hydrogen) atoms. The molecule has 146 valence electrons. The van der Waals surface area contributed by atoms with Gasteiger partial charge in [0.05, 0.1) is 17.2 Å². The molecular weight excluding hydrogens is 398 g/mol. The fourth-order valence-corrected chi connectivity index (χ4v) is 4.01. The Kier molecular flexibility index (Phi) is 5.80. The van der Waals surface area contributed by atoms with E-state index in [0.29, 0.717) is 16.4 Å². The molecule has 0 bridgehead atoms. The zero-order valence-electron chi connectivity index (χ0n) is 15.5. The number of aryl methyl sites for hydroxylation is 1. The molecule has 1 atom stereocenters. The Morgan fingerprint density at radius 2 is 1.82 bits per heavy atom. The Morgan fingerprint density at radius 3 is 2.46 bits per heavy atom. The Hall–Kier alpha value is -2.72. The summed E-state index contributed by atoms with van der Waals surface area (Å²) < 4.78 is 26.5. The van der Waals surface area contributed by atoms with Crippen molar-refractivity contribution in [2.45, 2.75) is 24.3 Å². The first-order valence-corrected chi connectivity index (χ1v) is 11.1. The first-order valence-electron chi connectivity index (χ1n) is 8.38. The Morgan fingerprint density at radius 1 is 1.14 bits per heavy atom. The van der Waals surface area contributed by atoms with E-state index >= 15 is 0 Å². The lowest BCUT2D eigenvalue weighted by Crippen LogP contribution is -2.15. The monoisotopic (exact) mass is 417 g/mol. The Bertz CT molecular complexity index is 1090. The highest BCUT2D eigenvalue weighted by Gasteiger charge is 2.21. The van der Waals surface area contributed by atoms with Crippen LogP contribution in [0, 0.1) is 6.92 Å². The van der Waals surface area contributed by atoms with Gasteiger partial charge in [-0.3, -0.25) is 9.52 Å². The van der Waals surface area contributed by atoms with Crippen LogP contribution < -0.4 is 4.72 Å². The number of carbonyl (C=O) groups is 1. The largest absolute Gasteiger partial charge is 0.293 e. The molecule has 0 aliphatic heterocycles. The lowest BCUT2D eigenvalue weighted by molar-refractivity contribution is 0.0994. The number of Topliss-reactive ketones (excluding diaryl/α,β-unsaturated/α-hetero) is 1. The summed E-state index contributed by atoms with van der Waals surface area (Å²) in [5.74, 6) is -0.102. The van der Waals surface area contributed by atoms with E-state index in [0.717, 1.165) is 17.5 Å². The van der Waals surface area contributed by atoms with Gasteiger partial charge in [-0.25, -0.2) is 8.42 Å².